The maximum atomic E-state index is 2.45. The minimum absolute atomic E-state index is 0.268. The number of aromatic nitrogens is 3. The van der Waals surface area contributed by atoms with Crippen LogP contribution in [0.3, 0.4) is 0 Å². The molecule has 0 aliphatic heterocycles. The Kier molecular flexibility index (Phi) is 10.9. The number of rotatable bonds is 9. The van der Waals surface area contributed by atoms with Gasteiger partial charge in [0.05, 0.1) is 33.1 Å². The molecule has 0 atom stereocenters. The molecule has 0 fully saturated rings. The largest absolute Gasteiger partial charge is 0.310 e. The van der Waals surface area contributed by atoms with E-state index in [0.717, 1.165) is 22.7 Å². The molecular weight excluding hydrogens is 1030 g/mol. The highest BCUT2D eigenvalue weighted by molar-refractivity contribution is 6.12. The summed E-state index contributed by atoms with van der Waals surface area (Å²) >= 11 is 0. The van der Waals surface area contributed by atoms with Crippen LogP contribution < -0.4 is 4.90 Å². The molecule has 3 aromatic heterocycles. The minimum Gasteiger partial charge on any atom is -0.310 e. The Labute approximate surface area is 493 Å². The van der Waals surface area contributed by atoms with Crippen molar-refractivity contribution in [2.75, 3.05) is 4.90 Å². The van der Waals surface area contributed by atoms with Gasteiger partial charge in [0, 0.05) is 71.9 Å². The third-order valence-corrected chi connectivity index (χ3v) is 18.2. The molecule has 1 aliphatic rings. The second kappa shape index (κ2) is 19.1. The first-order chi connectivity index (χ1) is 41.9. The van der Waals surface area contributed by atoms with Gasteiger partial charge in [0.1, 0.15) is 0 Å². The van der Waals surface area contributed by atoms with Gasteiger partial charge in [-0.3, -0.25) is 0 Å². The third-order valence-electron chi connectivity index (χ3n) is 18.2. The van der Waals surface area contributed by atoms with Gasteiger partial charge in [-0.2, -0.15) is 0 Å². The first-order valence-corrected chi connectivity index (χ1v) is 29.5. The second-order valence-corrected chi connectivity index (χ2v) is 23.3. The van der Waals surface area contributed by atoms with Crippen molar-refractivity contribution in [1.29, 1.82) is 0 Å². The van der Waals surface area contributed by atoms with E-state index in [9.17, 15) is 0 Å². The van der Waals surface area contributed by atoms with Crippen molar-refractivity contribution in [3.05, 3.63) is 314 Å². The van der Waals surface area contributed by atoms with E-state index in [4.69, 9.17) is 0 Å². The Balaban J connectivity index is 0.734. The summed E-state index contributed by atoms with van der Waals surface area (Å²) in [5.74, 6) is 0. The minimum atomic E-state index is -0.268. The fraction of sp³-hybridized carbons (Fsp3) is 0.0370. The average molecular weight is 1090 g/mol. The van der Waals surface area contributed by atoms with Gasteiger partial charge < -0.3 is 18.6 Å². The van der Waals surface area contributed by atoms with Crippen LogP contribution in [0.4, 0.5) is 17.1 Å². The number of hydrogen-bond donors (Lipinski definition) is 0. The summed E-state index contributed by atoms with van der Waals surface area (Å²) in [6.07, 6.45) is 0. The van der Waals surface area contributed by atoms with Crippen molar-refractivity contribution in [2.45, 2.75) is 19.3 Å². The molecule has 1 aliphatic carbocycles. The van der Waals surface area contributed by atoms with Crippen molar-refractivity contribution in [1.82, 2.24) is 13.7 Å². The van der Waals surface area contributed by atoms with Gasteiger partial charge >= 0.3 is 0 Å². The summed E-state index contributed by atoms with van der Waals surface area (Å²) in [5.41, 5.74) is 26.1. The number of fused-ring (bicyclic) bond motifs is 12. The van der Waals surface area contributed by atoms with Gasteiger partial charge in [0.2, 0.25) is 0 Å². The molecule has 0 radical (unpaired) electrons. The second-order valence-electron chi connectivity index (χ2n) is 23.3. The SMILES string of the molecule is CC1(C)c2cc(N(c3ccc(-c4ccc(-c5ccc6c(c5)c5ccccc5n6-c5ccccc5)cc4)cc3)c3ccc(-c4ccc5c(c4)c4ccccc4n5-c4ccccc4)cc3)ccc2-c2ccc(-n3c4ccccc4c4ccccc43)cc21. The third kappa shape index (κ3) is 7.69. The standard InChI is InChI=1S/C81H56N4/c1-81(2)73-51-63(43-45-65(73)66-46-44-64(52-74(66)81)85-75-25-13-9-21-67(75)68-22-10-14-26-76(68)85)82(62-41-35-56(36-42-62)58-38-48-80-72(50-58)70-24-12-16-28-78(70)84(80)60-19-7-4-8-20-60)61-39-33-54(34-40-61)53-29-31-55(32-30-53)57-37-47-79-71(49-57)69-23-11-15-27-77(69)83(79)59-17-5-3-6-18-59/h3-52H,1-2H3. The molecule has 3 heterocycles. The maximum Gasteiger partial charge on any atom is 0.0541 e. The summed E-state index contributed by atoms with van der Waals surface area (Å²) in [5, 5.41) is 7.54. The van der Waals surface area contributed by atoms with Crippen LogP contribution >= 0.6 is 0 Å². The summed E-state index contributed by atoms with van der Waals surface area (Å²) in [6, 6.07) is 112. The van der Waals surface area contributed by atoms with Crippen molar-refractivity contribution >= 4 is 82.5 Å². The molecule has 0 bridgehead atoms. The van der Waals surface area contributed by atoms with Crippen molar-refractivity contribution < 1.29 is 0 Å². The van der Waals surface area contributed by atoms with E-state index in [1.54, 1.807) is 0 Å². The molecule has 4 nitrogen and oxygen atoms in total. The maximum absolute atomic E-state index is 2.45. The molecule has 0 unspecified atom stereocenters. The summed E-state index contributed by atoms with van der Waals surface area (Å²) in [6.45, 7) is 4.79. The number of benzene rings is 13. The lowest BCUT2D eigenvalue weighted by Gasteiger charge is -2.28. The zero-order valence-electron chi connectivity index (χ0n) is 47.2. The van der Waals surface area contributed by atoms with Crippen LogP contribution in [-0.4, -0.2) is 13.7 Å². The Morgan fingerprint density at radius 1 is 0.235 bits per heavy atom. The van der Waals surface area contributed by atoms with E-state index in [1.807, 2.05) is 0 Å². The van der Waals surface area contributed by atoms with Crippen LogP contribution in [0.5, 0.6) is 0 Å². The quantitative estimate of drug-likeness (QED) is 0.141. The molecule has 13 aromatic carbocycles. The van der Waals surface area contributed by atoms with Gasteiger partial charge in [-0.15, -0.1) is 0 Å². The summed E-state index contributed by atoms with van der Waals surface area (Å²) < 4.78 is 7.19. The average Bonchev–Trinajstić information content (AvgIpc) is 2.39. The van der Waals surface area contributed by atoms with Crippen LogP contribution in [0, 0.1) is 0 Å². The Bertz CT molecular complexity index is 5240. The van der Waals surface area contributed by atoms with E-state index in [2.05, 4.69) is 336 Å². The molecule has 0 N–H and O–H groups in total. The fourth-order valence-electron chi connectivity index (χ4n) is 14.1. The first kappa shape index (κ1) is 48.7. The van der Waals surface area contributed by atoms with Crippen molar-refractivity contribution in [3.63, 3.8) is 0 Å². The van der Waals surface area contributed by atoms with E-state index in [0.29, 0.717) is 0 Å². The lowest BCUT2D eigenvalue weighted by molar-refractivity contribution is 0.660. The predicted molar refractivity (Wildman–Crippen MR) is 358 cm³/mol. The number of nitrogens with zero attached hydrogens (tertiary/aromatic N) is 4. The molecule has 0 spiro atoms. The van der Waals surface area contributed by atoms with E-state index in [-0.39, 0.29) is 5.41 Å². The number of hydrogen-bond acceptors (Lipinski definition) is 1. The van der Waals surface area contributed by atoms with Crippen molar-refractivity contribution in [3.8, 4) is 61.6 Å². The normalized spacial score (nSPS) is 12.7. The molecule has 400 valence electrons. The Hall–Kier alpha value is -10.9. The highest BCUT2D eigenvalue weighted by atomic mass is 15.1. The molecule has 16 aromatic rings. The molecule has 0 amide bonds. The molecule has 17 rings (SSSR count). The molecule has 85 heavy (non-hydrogen) atoms. The van der Waals surface area contributed by atoms with Crippen LogP contribution in [0.1, 0.15) is 25.0 Å². The van der Waals surface area contributed by atoms with Crippen molar-refractivity contribution in [2.24, 2.45) is 0 Å². The highest BCUT2D eigenvalue weighted by Crippen LogP contribution is 2.52. The van der Waals surface area contributed by atoms with Crippen LogP contribution in [-0.2, 0) is 5.41 Å². The Morgan fingerprint density at radius 2 is 0.553 bits per heavy atom. The Morgan fingerprint density at radius 3 is 1.00 bits per heavy atom. The van der Waals surface area contributed by atoms with E-state index in [1.165, 1.54) is 132 Å². The molecule has 0 saturated carbocycles. The van der Waals surface area contributed by atoms with E-state index >= 15 is 0 Å². The van der Waals surface area contributed by atoms with Crippen LogP contribution in [0.2, 0.25) is 0 Å². The zero-order chi connectivity index (χ0) is 56.3. The van der Waals surface area contributed by atoms with Crippen LogP contribution in [0.15, 0.2) is 303 Å². The zero-order valence-corrected chi connectivity index (χ0v) is 47.2. The predicted octanol–water partition coefficient (Wildman–Crippen LogP) is 21.8. The molecular formula is C81H56N4. The topological polar surface area (TPSA) is 18.0 Å². The van der Waals surface area contributed by atoms with E-state index < -0.39 is 0 Å². The van der Waals surface area contributed by atoms with Gasteiger partial charge in [0.15, 0.2) is 0 Å². The first-order valence-electron chi connectivity index (χ1n) is 29.5. The lowest BCUT2D eigenvalue weighted by Crippen LogP contribution is -2.17. The van der Waals surface area contributed by atoms with Gasteiger partial charge in [-0.05, 0) is 177 Å². The molecule has 4 heteroatoms. The molecule has 0 saturated heterocycles. The number of anilines is 3. The number of para-hydroxylation sites is 6. The van der Waals surface area contributed by atoms with Gasteiger partial charge in [0.25, 0.3) is 0 Å². The van der Waals surface area contributed by atoms with Gasteiger partial charge in [-0.1, -0.05) is 196 Å². The lowest BCUT2D eigenvalue weighted by atomic mass is 9.82. The summed E-state index contributed by atoms with van der Waals surface area (Å²) in [4.78, 5) is 2.43. The van der Waals surface area contributed by atoms with Crippen LogP contribution in [0.25, 0.3) is 127 Å². The van der Waals surface area contributed by atoms with Gasteiger partial charge in [-0.25, -0.2) is 0 Å². The fourth-order valence-corrected chi connectivity index (χ4v) is 14.1. The summed E-state index contributed by atoms with van der Waals surface area (Å²) in [7, 11) is 0. The monoisotopic (exact) mass is 1080 g/mol. The smallest absolute Gasteiger partial charge is 0.0541 e. The highest BCUT2D eigenvalue weighted by Gasteiger charge is 2.37.